The Morgan fingerprint density at radius 1 is 1.13 bits per heavy atom. The number of nitrogens with zero attached hydrogens (tertiary/aromatic N) is 1. The molecule has 2 aromatic rings. The lowest BCUT2D eigenvalue weighted by molar-refractivity contribution is -0.123. The summed E-state index contributed by atoms with van der Waals surface area (Å²) < 4.78 is 0. The van der Waals surface area contributed by atoms with E-state index in [-0.39, 0.29) is 11.8 Å². The van der Waals surface area contributed by atoms with Gasteiger partial charge in [-0.15, -0.1) is 0 Å². The van der Waals surface area contributed by atoms with Crippen molar-refractivity contribution in [2.45, 2.75) is 44.1 Å². The van der Waals surface area contributed by atoms with Crippen molar-refractivity contribution in [3.05, 3.63) is 64.9 Å². The van der Waals surface area contributed by atoms with E-state index in [2.05, 4.69) is 10.3 Å². The molecule has 4 heteroatoms. The van der Waals surface area contributed by atoms with Crippen molar-refractivity contribution in [3.8, 4) is 0 Å². The maximum absolute atomic E-state index is 12.8. The van der Waals surface area contributed by atoms with E-state index in [0.29, 0.717) is 17.5 Å². The summed E-state index contributed by atoms with van der Waals surface area (Å²) in [7, 11) is 0. The Morgan fingerprint density at radius 2 is 1.78 bits per heavy atom. The summed E-state index contributed by atoms with van der Waals surface area (Å²) in [6.07, 6.45) is 8.81. The standard InChI is InChI=1S/C19H21ClN2O/c20-16-7-5-15(6-8-16)18(13-14-9-11-21-12-10-14)19(23)22-17-3-1-2-4-17/h5-12,17-18H,1-4,13H2,(H,22,23). The van der Waals surface area contributed by atoms with Gasteiger partial charge in [-0.05, 0) is 54.7 Å². The van der Waals surface area contributed by atoms with E-state index < -0.39 is 0 Å². The number of amides is 1. The summed E-state index contributed by atoms with van der Waals surface area (Å²) >= 11 is 5.98. The third kappa shape index (κ3) is 4.32. The van der Waals surface area contributed by atoms with E-state index in [1.54, 1.807) is 12.4 Å². The van der Waals surface area contributed by atoms with Crippen LogP contribution in [-0.2, 0) is 11.2 Å². The minimum absolute atomic E-state index is 0.107. The fraction of sp³-hybridized carbons (Fsp3) is 0.368. The normalized spacial score (nSPS) is 16.2. The van der Waals surface area contributed by atoms with E-state index in [9.17, 15) is 4.79 Å². The van der Waals surface area contributed by atoms with Crippen molar-refractivity contribution in [3.63, 3.8) is 0 Å². The first kappa shape index (κ1) is 16.0. The molecule has 0 aliphatic heterocycles. The maximum Gasteiger partial charge on any atom is 0.228 e. The van der Waals surface area contributed by atoms with Gasteiger partial charge in [-0.2, -0.15) is 0 Å². The highest BCUT2D eigenvalue weighted by Crippen LogP contribution is 2.25. The predicted octanol–water partition coefficient (Wildman–Crippen LogP) is 4.12. The van der Waals surface area contributed by atoms with Gasteiger partial charge in [0.25, 0.3) is 0 Å². The smallest absolute Gasteiger partial charge is 0.228 e. The topological polar surface area (TPSA) is 42.0 Å². The van der Waals surface area contributed by atoms with Crippen molar-refractivity contribution < 1.29 is 4.79 Å². The first-order valence-electron chi connectivity index (χ1n) is 8.17. The quantitative estimate of drug-likeness (QED) is 0.897. The molecule has 0 saturated heterocycles. The fourth-order valence-corrected chi connectivity index (χ4v) is 3.31. The largest absolute Gasteiger partial charge is 0.353 e. The number of rotatable bonds is 5. The van der Waals surface area contributed by atoms with Gasteiger partial charge >= 0.3 is 0 Å². The monoisotopic (exact) mass is 328 g/mol. The van der Waals surface area contributed by atoms with Gasteiger partial charge in [-0.1, -0.05) is 36.6 Å². The Morgan fingerprint density at radius 3 is 2.43 bits per heavy atom. The van der Waals surface area contributed by atoms with Crippen molar-refractivity contribution in [2.24, 2.45) is 0 Å². The van der Waals surface area contributed by atoms with Gasteiger partial charge in [0.2, 0.25) is 5.91 Å². The molecule has 23 heavy (non-hydrogen) atoms. The number of carbonyl (C=O) groups excluding carboxylic acids is 1. The van der Waals surface area contributed by atoms with E-state index in [1.165, 1.54) is 12.8 Å². The van der Waals surface area contributed by atoms with Crippen LogP contribution in [-0.4, -0.2) is 16.9 Å². The summed E-state index contributed by atoms with van der Waals surface area (Å²) in [5, 5.41) is 3.91. The highest BCUT2D eigenvalue weighted by Gasteiger charge is 2.25. The third-order valence-electron chi connectivity index (χ3n) is 4.48. The van der Waals surface area contributed by atoms with E-state index >= 15 is 0 Å². The SMILES string of the molecule is O=C(NC1CCCC1)C(Cc1ccncc1)c1ccc(Cl)cc1. The number of hydrogen-bond donors (Lipinski definition) is 1. The van der Waals surface area contributed by atoms with Crippen LogP contribution in [0.3, 0.4) is 0 Å². The van der Waals surface area contributed by atoms with Crippen LogP contribution < -0.4 is 5.32 Å². The lowest BCUT2D eigenvalue weighted by Gasteiger charge is -2.20. The number of carbonyl (C=O) groups is 1. The van der Waals surface area contributed by atoms with Crippen molar-refractivity contribution in [1.29, 1.82) is 0 Å². The van der Waals surface area contributed by atoms with Gasteiger partial charge in [0.1, 0.15) is 0 Å². The molecule has 1 aliphatic carbocycles. The number of nitrogens with one attached hydrogen (secondary N) is 1. The molecule has 0 spiro atoms. The summed E-state index contributed by atoms with van der Waals surface area (Å²) in [5.41, 5.74) is 2.11. The van der Waals surface area contributed by atoms with Gasteiger partial charge in [0, 0.05) is 23.5 Å². The van der Waals surface area contributed by atoms with E-state index in [4.69, 9.17) is 11.6 Å². The molecule has 3 rings (SSSR count). The van der Waals surface area contributed by atoms with Crippen LogP contribution in [0.4, 0.5) is 0 Å². The van der Waals surface area contributed by atoms with Crippen LogP contribution in [0.2, 0.25) is 5.02 Å². The average molecular weight is 329 g/mol. The molecule has 1 saturated carbocycles. The maximum atomic E-state index is 12.8. The number of aromatic nitrogens is 1. The molecule has 3 nitrogen and oxygen atoms in total. The lowest BCUT2D eigenvalue weighted by atomic mass is 9.91. The van der Waals surface area contributed by atoms with Crippen LogP contribution in [0.1, 0.15) is 42.7 Å². The first-order chi connectivity index (χ1) is 11.2. The molecule has 1 fully saturated rings. The minimum atomic E-state index is -0.199. The summed E-state index contributed by atoms with van der Waals surface area (Å²) in [5.74, 6) is -0.0914. The average Bonchev–Trinajstić information content (AvgIpc) is 3.07. The molecule has 0 radical (unpaired) electrons. The molecule has 1 aliphatic rings. The molecule has 1 aromatic carbocycles. The summed E-state index contributed by atoms with van der Waals surface area (Å²) in [6, 6.07) is 11.8. The highest BCUT2D eigenvalue weighted by molar-refractivity contribution is 6.30. The van der Waals surface area contributed by atoms with Crippen LogP contribution in [0.25, 0.3) is 0 Å². The Hall–Kier alpha value is -1.87. The molecule has 0 bridgehead atoms. The Labute approximate surface area is 142 Å². The second-order valence-corrected chi connectivity index (χ2v) is 6.59. The van der Waals surface area contributed by atoms with Crippen LogP contribution in [0, 0.1) is 0 Å². The zero-order valence-electron chi connectivity index (χ0n) is 13.0. The molecule has 1 N–H and O–H groups in total. The van der Waals surface area contributed by atoms with Gasteiger partial charge in [-0.25, -0.2) is 0 Å². The number of hydrogen-bond acceptors (Lipinski definition) is 2. The van der Waals surface area contributed by atoms with Gasteiger partial charge in [-0.3, -0.25) is 9.78 Å². The van der Waals surface area contributed by atoms with Crippen molar-refractivity contribution >= 4 is 17.5 Å². The number of benzene rings is 1. The van der Waals surface area contributed by atoms with Gasteiger partial charge in [0.15, 0.2) is 0 Å². The Kier molecular flexibility index (Phi) is 5.29. The zero-order valence-corrected chi connectivity index (χ0v) is 13.8. The zero-order chi connectivity index (χ0) is 16.1. The van der Waals surface area contributed by atoms with Crippen molar-refractivity contribution in [1.82, 2.24) is 10.3 Å². The highest BCUT2D eigenvalue weighted by atomic mass is 35.5. The number of halogens is 1. The fourth-order valence-electron chi connectivity index (χ4n) is 3.18. The summed E-state index contributed by atoms with van der Waals surface area (Å²) in [6.45, 7) is 0. The first-order valence-corrected chi connectivity index (χ1v) is 8.55. The van der Waals surface area contributed by atoms with Crippen LogP contribution in [0.5, 0.6) is 0 Å². The van der Waals surface area contributed by atoms with E-state index in [0.717, 1.165) is 24.0 Å². The second-order valence-electron chi connectivity index (χ2n) is 6.15. The van der Waals surface area contributed by atoms with Crippen molar-refractivity contribution in [2.75, 3.05) is 0 Å². The Balaban J connectivity index is 1.79. The molecule has 1 amide bonds. The Bertz CT molecular complexity index is 636. The summed E-state index contributed by atoms with van der Waals surface area (Å²) in [4.78, 5) is 16.9. The molecule has 1 aromatic heterocycles. The van der Waals surface area contributed by atoms with Gasteiger partial charge < -0.3 is 5.32 Å². The lowest BCUT2D eigenvalue weighted by Crippen LogP contribution is -2.37. The molecular formula is C19H21ClN2O. The van der Waals surface area contributed by atoms with E-state index in [1.807, 2.05) is 36.4 Å². The molecule has 1 atom stereocenters. The van der Waals surface area contributed by atoms with Crippen LogP contribution >= 0.6 is 11.6 Å². The second kappa shape index (κ2) is 7.60. The molecule has 1 heterocycles. The molecule has 120 valence electrons. The molecule has 1 unspecified atom stereocenters. The number of pyridine rings is 1. The van der Waals surface area contributed by atoms with Gasteiger partial charge in [0.05, 0.1) is 5.92 Å². The third-order valence-corrected chi connectivity index (χ3v) is 4.73. The minimum Gasteiger partial charge on any atom is -0.353 e. The predicted molar refractivity (Wildman–Crippen MR) is 92.5 cm³/mol. The molecular weight excluding hydrogens is 308 g/mol. The van der Waals surface area contributed by atoms with Crippen LogP contribution in [0.15, 0.2) is 48.8 Å².